The quantitative estimate of drug-likeness (QED) is 0.721. The van der Waals surface area contributed by atoms with E-state index in [0.29, 0.717) is 0 Å². The van der Waals surface area contributed by atoms with Gasteiger partial charge in [-0.05, 0) is 50.2 Å². The molecule has 0 fully saturated rings. The number of hydrogen-bond donors (Lipinski definition) is 1. The van der Waals surface area contributed by atoms with Crippen LogP contribution in [0.3, 0.4) is 0 Å². The van der Waals surface area contributed by atoms with Crippen molar-refractivity contribution in [3.8, 4) is 0 Å². The molecular weight excluding hydrogens is 200 g/mol. The average molecular weight is 218 g/mol. The van der Waals surface area contributed by atoms with Gasteiger partial charge in [-0.1, -0.05) is 24.3 Å². The van der Waals surface area contributed by atoms with Gasteiger partial charge in [0.2, 0.25) is 0 Å². The Hall–Kier alpha value is -1.31. The van der Waals surface area contributed by atoms with E-state index in [4.69, 9.17) is 0 Å². The number of fused-ring (bicyclic) bond motifs is 1. The molecule has 2 aliphatic rings. The van der Waals surface area contributed by atoms with Crippen LogP contribution in [-0.2, 0) is 4.79 Å². The van der Waals surface area contributed by atoms with Crippen LogP contribution < -0.4 is 0 Å². The second-order valence-electron chi connectivity index (χ2n) is 4.73. The zero-order valence-electron chi connectivity index (χ0n) is 9.75. The minimum absolute atomic E-state index is 0.701. The molecular formula is C14H18O2. The van der Waals surface area contributed by atoms with Crippen molar-refractivity contribution in [3.05, 3.63) is 35.5 Å². The summed E-state index contributed by atoms with van der Waals surface area (Å²) < 4.78 is 0. The number of carboxylic acid groups (broad SMARTS) is 1. The van der Waals surface area contributed by atoms with Crippen molar-refractivity contribution in [1.29, 1.82) is 0 Å². The van der Waals surface area contributed by atoms with E-state index in [-0.39, 0.29) is 0 Å². The van der Waals surface area contributed by atoms with E-state index in [9.17, 15) is 9.90 Å². The molecule has 86 valence electrons. The van der Waals surface area contributed by atoms with Crippen LogP contribution in [0, 0.1) is 5.41 Å². The predicted molar refractivity (Wildman–Crippen MR) is 64.1 cm³/mol. The summed E-state index contributed by atoms with van der Waals surface area (Å²) in [4.78, 5) is 11.7. The highest BCUT2D eigenvalue weighted by Gasteiger charge is 2.47. The van der Waals surface area contributed by atoms with Crippen molar-refractivity contribution in [1.82, 2.24) is 0 Å². The average Bonchev–Trinajstić information content (AvgIpc) is 2.28. The minimum atomic E-state index is -0.748. The van der Waals surface area contributed by atoms with E-state index >= 15 is 0 Å². The topological polar surface area (TPSA) is 37.3 Å². The van der Waals surface area contributed by atoms with Gasteiger partial charge >= 0.3 is 5.97 Å². The summed E-state index contributed by atoms with van der Waals surface area (Å²) in [6, 6.07) is 0. The highest BCUT2D eigenvalue weighted by Crippen LogP contribution is 2.51. The van der Waals surface area contributed by atoms with Crippen LogP contribution in [0.15, 0.2) is 35.5 Å². The highest BCUT2D eigenvalue weighted by molar-refractivity contribution is 5.85. The lowest BCUT2D eigenvalue weighted by Crippen LogP contribution is -2.39. The fourth-order valence-electron chi connectivity index (χ4n) is 3.19. The molecule has 0 aliphatic heterocycles. The number of carboxylic acids is 1. The smallest absolute Gasteiger partial charge is 0.318 e. The molecule has 0 unspecified atom stereocenters. The molecule has 0 amide bonds. The van der Waals surface area contributed by atoms with Crippen LogP contribution in [0.1, 0.15) is 39.0 Å². The molecule has 1 atom stereocenters. The van der Waals surface area contributed by atoms with Crippen molar-refractivity contribution in [2.75, 3.05) is 0 Å². The maximum absolute atomic E-state index is 11.7. The van der Waals surface area contributed by atoms with Crippen LogP contribution in [0.2, 0.25) is 0 Å². The predicted octanol–water partition coefficient (Wildman–Crippen LogP) is 3.46. The molecule has 0 heterocycles. The Bertz CT molecular complexity index is 401. The van der Waals surface area contributed by atoms with E-state index in [0.717, 1.165) is 43.3 Å². The molecule has 2 heteroatoms. The molecule has 16 heavy (non-hydrogen) atoms. The van der Waals surface area contributed by atoms with Gasteiger partial charge in [0.1, 0.15) is 5.41 Å². The first-order valence-electron chi connectivity index (χ1n) is 5.88. The summed E-state index contributed by atoms with van der Waals surface area (Å²) in [6.07, 6.45) is 8.36. The zero-order valence-corrected chi connectivity index (χ0v) is 9.75. The Morgan fingerprint density at radius 1 is 1.56 bits per heavy atom. The number of hydrogen-bond acceptors (Lipinski definition) is 1. The number of allylic oxidation sites excluding steroid dienone is 3. The molecule has 0 saturated heterocycles. The first kappa shape index (κ1) is 11.2. The van der Waals surface area contributed by atoms with Gasteiger partial charge < -0.3 is 5.11 Å². The molecule has 2 rings (SSSR count). The Morgan fingerprint density at radius 2 is 2.31 bits per heavy atom. The third-order valence-electron chi connectivity index (χ3n) is 3.97. The summed E-state index contributed by atoms with van der Waals surface area (Å²) in [6.45, 7) is 5.86. The van der Waals surface area contributed by atoms with Crippen molar-refractivity contribution in [3.63, 3.8) is 0 Å². The van der Waals surface area contributed by atoms with Gasteiger partial charge in [0.05, 0.1) is 0 Å². The standard InChI is InChI=1S/C14H18O2/c1-3-11-7-4-8-12-10(2)6-5-9-14(11,12)13(15)16/h3,7H,1,4-6,8-9H2,2H3,(H,15,16)/t14-/m0/s1. The van der Waals surface area contributed by atoms with E-state index in [1.165, 1.54) is 5.57 Å². The first-order chi connectivity index (χ1) is 7.63. The molecule has 2 aliphatic carbocycles. The summed E-state index contributed by atoms with van der Waals surface area (Å²) in [5, 5.41) is 9.62. The SMILES string of the molecule is C=CC1=CCCC2=C(C)CCC[C@]12C(=O)O. The molecule has 0 saturated carbocycles. The lowest BCUT2D eigenvalue weighted by molar-refractivity contribution is -0.145. The lowest BCUT2D eigenvalue weighted by atomic mass is 9.62. The maximum atomic E-state index is 11.7. The fraction of sp³-hybridized carbons (Fsp3) is 0.500. The van der Waals surface area contributed by atoms with Crippen LogP contribution in [0.4, 0.5) is 0 Å². The molecule has 1 N–H and O–H groups in total. The summed E-state index contributed by atoms with van der Waals surface area (Å²) in [7, 11) is 0. The maximum Gasteiger partial charge on any atom is 0.318 e. The van der Waals surface area contributed by atoms with Gasteiger partial charge in [-0.15, -0.1) is 0 Å². The largest absolute Gasteiger partial charge is 0.480 e. The van der Waals surface area contributed by atoms with E-state index < -0.39 is 11.4 Å². The summed E-state index contributed by atoms with van der Waals surface area (Å²) in [5.41, 5.74) is 2.58. The van der Waals surface area contributed by atoms with Crippen molar-refractivity contribution in [2.45, 2.75) is 39.0 Å². The van der Waals surface area contributed by atoms with Crippen LogP contribution in [0.5, 0.6) is 0 Å². The van der Waals surface area contributed by atoms with Gasteiger partial charge in [-0.2, -0.15) is 0 Å². The molecule has 0 aromatic carbocycles. The second-order valence-corrected chi connectivity index (χ2v) is 4.73. The van der Waals surface area contributed by atoms with Gasteiger partial charge in [-0.25, -0.2) is 0 Å². The fourth-order valence-corrected chi connectivity index (χ4v) is 3.19. The van der Waals surface area contributed by atoms with E-state index in [1.807, 2.05) is 6.08 Å². The first-order valence-corrected chi connectivity index (χ1v) is 5.88. The third-order valence-corrected chi connectivity index (χ3v) is 3.97. The number of aliphatic carboxylic acids is 1. The Kier molecular flexibility index (Phi) is 2.75. The van der Waals surface area contributed by atoms with E-state index in [1.54, 1.807) is 6.08 Å². The Labute approximate surface area is 96.4 Å². The summed E-state index contributed by atoms with van der Waals surface area (Å²) >= 11 is 0. The molecule has 2 nitrogen and oxygen atoms in total. The van der Waals surface area contributed by atoms with Gasteiger partial charge in [-0.3, -0.25) is 4.79 Å². The van der Waals surface area contributed by atoms with Crippen LogP contribution in [0.25, 0.3) is 0 Å². The van der Waals surface area contributed by atoms with Gasteiger partial charge in [0, 0.05) is 0 Å². The van der Waals surface area contributed by atoms with Crippen LogP contribution >= 0.6 is 0 Å². The Balaban J connectivity index is 2.63. The van der Waals surface area contributed by atoms with Crippen molar-refractivity contribution < 1.29 is 9.90 Å². The summed E-state index contributed by atoms with van der Waals surface area (Å²) in [5.74, 6) is -0.701. The molecule has 0 aromatic heterocycles. The second kappa shape index (κ2) is 3.93. The zero-order chi connectivity index (χ0) is 11.8. The molecule has 0 bridgehead atoms. The van der Waals surface area contributed by atoms with Crippen molar-refractivity contribution >= 4 is 5.97 Å². The number of rotatable bonds is 2. The minimum Gasteiger partial charge on any atom is -0.480 e. The number of carbonyl (C=O) groups is 1. The lowest BCUT2D eigenvalue weighted by Gasteiger charge is -2.40. The third kappa shape index (κ3) is 1.36. The van der Waals surface area contributed by atoms with Gasteiger partial charge in [0.15, 0.2) is 0 Å². The molecule has 0 radical (unpaired) electrons. The molecule has 0 spiro atoms. The van der Waals surface area contributed by atoms with E-state index in [2.05, 4.69) is 13.5 Å². The molecule has 0 aromatic rings. The Morgan fingerprint density at radius 3 is 2.94 bits per heavy atom. The normalized spacial score (nSPS) is 29.4. The van der Waals surface area contributed by atoms with Crippen LogP contribution in [-0.4, -0.2) is 11.1 Å². The monoisotopic (exact) mass is 218 g/mol. The van der Waals surface area contributed by atoms with Gasteiger partial charge in [0.25, 0.3) is 0 Å². The highest BCUT2D eigenvalue weighted by atomic mass is 16.4. The van der Waals surface area contributed by atoms with Crippen molar-refractivity contribution in [2.24, 2.45) is 5.41 Å².